The Kier molecular flexibility index (Phi) is 7.01. The van der Waals surface area contributed by atoms with Gasteiger partial charge in [-0.3, -0.25) is 5.32 Å². The molecule has 2 fully saturated rings. The molecule has 1 aromatic rings. The normalized spacial score (nSPS) is 29.2. The fourth-order valence-electron chi connectivity index (χ4n) is 5.89. The first kappa shape index (κ1) is 22.9. The Hall–Kier alpha value is -1.75. The first-order chi connectivity index (χ1) is 14.3. The summed E-state index contributed by atoms with van der Waals surface area (Å²) < 4.78 is 12.0. The van der Waals surface area contributed by atoms with Crippen molar-refractivity contribution >= 4 is 11.8 Å². The number of para-hydroxylation sites is 2. The van der Waals surface area contributed by atoms with E-state index >= 15 is 0 Å². The average Bonchev–Trinajstić information content (AvgIpc) is 3.04. The van der Waals surface area contributed by atoms with Gasteiger partial charge < -0.3 is 14.4 Å². The average molecular weight is 417 g/mol. The maximum Gasteiger partial charge on any atom is 0.412 e. The minimum Gasteiger partial charge on any atom is -0.491 e. The number of amides is 1. The van der Waals surface area contributed by atoms with E-state index < -0.39 is 0 Å². The summed E-state index contributed by atoms with van der Waals surface area (Å²) in [6, 6.07) is 7.57. The van der Waals surface area contributed by atoms with Crippen LogP contribution in [0.25, 0.3) is 0 Å². The summed E-state index contributed by atoms with van der Waals surface area (Å²) in [5.74, 6) is 1.65. The van der Waals surface area contributed by atoms with E-state index in [1.807, 2.05) is 24.3 Å². The minimum absolute atomic E-state index is 0.00501. The van der Waals surface area contributed by atoms with E-state index in [2.05, 4.69) is 51.8 Å². The Bertz CT molecular complexity index is 731. The molecule has 0 heterocycles. The summed E-state index contributed by atoms with van der Waals surface area (Å²) >= 11 is 0. The molecule has 3 rings (SSSR count). The van der Waals surface area contributed by atoms with Crippen molar-refractivity contribution in [3.05, 3.63) is 24.3 Å². The first-order valence-corrected chi connectivity index (χ1v) is 11.7. The van der Waals surface area contributed by atoms with Gasteiger partial charge in [-0.2, -0.15) is 0 Å². The first-order valence-electron chi connectivity index (χ1n) is 11.7. The molecule has 0 radical (unpaired) electrons. The van der Waals surface area contributed by atoms with Gasteiger partial charge in [0, 0.05) is 17.9 Å². The second kappa shape index (κ2) is 9.17. The van der Waals surface area contributed by atoms with Crippen molar-refractivity contribution in [2.75, 3.05) is 31.6 Å². The van der Waals surface area contributed by atoms with E-state index in [4.69, 9.17) is 9.47 Å². The molecule has 30 heavy (non-hydrogen) atoms. The van der Waals surface area contributed by atoms with Crippen LogP contribution in [0.15, 0.2) is 24.3 Å². The van der Waals surface area contributed by atoms with Gasteiger partial charge in [-0.05, 0) is 55.8 Å². The maximum absolute atomic E-state index is 13.0. The van der Waals surface area contributed by atoms with E-state index in [0.29, 0.717) is 29.9 Å². The molecule has 2 bridgehead atoms. The minimum atomic E-state index is -0.373. The maximum atomic E-state index is 13.0. The molecule has 4 atom stereocenters. The summed E-state index contributed by atoms with van der Waals surface area (Å²) in [5.41, 5.74) is 0.840. The molecule has 0 aromatic heterocycles. The Balaban J connectivity index is 1.77. The van der Waals surface area contributed by atoms with Gasteiger partial charge in [-0.1, -0.05) is 53.7 Å². The van der Waals surface area contributed by atoms with Crippen molar-refractivity contribution in [3.8, 4) is 5.75 Å². The number of nitrogens with zero attached hydrogens (tertiary/aromatic N) is 1. The van der Waals surface area contributed by atoms with Crippen LogP contribution in [0.3, 0.4) is 0 Å². The number of hydrogen-bond donors (Lipinski definition) is 1. The van der Waals surface area contributed by atoms with Crippen LogP contribution in [0.1, 0.15) is 60.8 Å². The van der Waals surface area contributed by atoms with E-state index in [1.54, 1.807) is 0 Å². The van der Waals surface area contributed by atoms with Crippen molar-refractivity contribution in [1.82, 2.24) is 4.90 Å². The largest absolute Gasteiger partial charge is 0.491 e. The second-order valence-corrected chi connectivity index (χ2v) is 9.73. The summed E-state index contributed by atoms with van der Waals surface area (Å²) in [6.45, 7) is 17.2. The van der Waals surface area contributed by atoms with Crippen LogP contribution >= 0.6 is 0 Å². The predicted octanol–water partition coefficient (Wildman–Crippen LogP) is 5.81. The number of carbonyl (C=O) groups excluding carboxylic acids is 1. The quantitative estimate of drug-likeness (QED) is 0.552. The zero-order valence-corrected chi connectivity index (χ0v) is 19.7. The molecule has 5 nitrogen and oxygen atoms in total. The molecule has 0 spiro atoms. The highest BCUT2D eigenvalue weighted by Crippen LogP contribution is 2.68. The fraction of sp³-hybridized carbons (Fsp3) is 0.720. The van der Waals surface area contributed by atoms with Crippen LogP contribution in [-0.4, -0.2) is 43.3 Å². The number of rotatable bonds is 9. The molecular formula is C25H40N2O3. The standard InChI is InChI=1S/C25H40N2O3/c1-7-16-29-21-13-11-10-12-20(21)26-23(28)30-22-18(17-27(8-2)9-3)19-14-15-25(22,6)24(19,4)5/h10-13,18-19,22H,7-9,14-17H2,1-6H3,(H,26,28)/t18-,19+,22-,25-/m1/s1. The van der Waals surface area contributed by atoms with Gasteiger partial charge in [0.2, 0.25) is 0 Å². The van der Waals surface area contributed by atoms with Gasteiger partial charge in [0.25, 0.3) is 0 Å². The van der Waals surface area contributed by atoms with Gasteiger partial charge in [0.1, 0.15) is 11.9 Å². The van der Waals surface area contributed by atoms with Crippen molar-refractivity contribution in [1.29, 1.82) is 0 Å². The molecule has 1 amide bonds. The zero-order valence-electron chi connectivity index (χ0n) is 19.7. The number of benzene rings is 1. The molecule has 0 saturated heterocycles. The number of hydrogen-bond acceptors (Lipinski definition) is 4. The Morgan fingerprint density at radius 1 is 1.17 bits per heavy atom. The van der Waals surface area contributed by atoms with Crippen LogP contribution in [0.4, 0.5) is 10.5 Å². The molecule has 2 aliphatic rings. The number of ether oxygens (including phenoxy) is 2. The van der Waals surface area contributed by atoms with Crippen molar-refractivity contribution < 1.29 is 14.3 Å². The van der Waals surface area contributed by atoms with Gasteiger partial charge >= 0.3 is 6.09 Å². The van der Waals surface area contributed by atoms with Crippen molar-refractivity contribution in [2.24, 2.45) is 22.7 Å². The van der Waals surface area contributed by atoms with Crippen LogP contribution < -0.4 is 10.1 Å². The van der Waals surface area contributed by atoms with Gasteiger partial charge in [-0.25, -0.2) is 4.79 Å². The van der Waals surface area contributed by atoms with Crippen molar-refractivity contribution in [3.63, 3.8) is 0 Å². The molecule has 0 unspecified atom stereocenters. The van der Waals surface area contributed by atoms with Crippen LogP contribution in [0.5, 0.6) is 5.75 Å². The third kappa shape index (κ3) is 4.05. The van der Waals surface area contributed by atoms with E-state index in [9.17, 15) is 4.79 Å². The molecule has 2 aliphatic carbocycles. The highest BCUT2D eigenvalue weighted by molar-refractivity contribution is 5.86. The predicted molar refractivity (Wildman–Crippen MR) is 122 cm³/mol. The van der Waals surface area contributed by atoms with Gasteiger partial charge in [-0.15, -0.1) is 0 Å². The molecule has 1 N–H and O–H groups in total. The summed E-state index contributed by atoms with van der Waals surface area (Å²) in [6.07, 6.45) is 2.82. The summed E-state index contributed by atoms with van der Waals surface area (Å²) in [7, 11) is 0. The lowest BCUT2D eigenvalue weighted by atomic mass is 9.70. The smallest absolute Gasteiger partial charge is 0.412 e. The third-order valence-electron chi connectivity index (χ3n) is 8.09. The van der Waals surface area contributed by atoms with Crippen molar-refractivity contribution in [2.45, 2.75) is 66.9 Å². The third-order valence-corrected chi connectivity index (χ3v) is 8.09. The number of carbonyl (C=O) groups is 1. The van der Waals surface area contributed by atoms with E-state index in [0.717, 1.165) is 32.5 Å². The number of nitrogens with one attached hydrogen (secondary N) is 1. The lowest BCUT2D eigenvalue weighted by Gasteiger charge is -2.40. The molecule has 5 heteroatoms. The molecule has 2 saturated carbocycles. The topological polar surface area (TPSA) is 50.8 Å². The Morgan fingerprint density at radius 2 is 1.87 bits per heavy atom. The summed E-state index contributed by atoms with van der Waals surface area (Å²) in [4.78, 5) is 15.5. The summed E-state index contributed by atoms with van der Waals surface area (Å²) in [5, 5.41) is 2.95. The molecular weight excluding hydrogens is 376 g/mol. The van der Waals surface area contributed by atoms with E-state index in [-0.39, 0.29) is 23.0 Å². The monoisotopic (exact) mass is 416 g/mol. The fourth-order valence-corrected chi connectivity index (χ4v) is 5.89. The SMILES string of the molecule is CCCOc1ccccc1NC(=O)O[C@@H]1[C@H](CN(CC)CC)[C@@H]2CC[C@@]1(C)C2(C)C. The number of anilines is 1. The molecule has 1 aromatic carbocycles. The van der Waals surface area contributed by atoms with Gasteiger partial charge in [0.15, 0.2) is 0 Å². The van der Waals surface area contributed by atoms with Crippen LogP contribution in [-0.2, 0) is 4.74 Å². The van der Waals surface area contributed by atoms with Crippen LogP contribution in [0.2, 0.25) is 0 Å². The molecule has 168 valence electrons. The second-order valence-electron chi connectivity index (χ2n) is 9.73. The Labute approximate surface area is 182 Å². The zero-order chi connectivity index (χ0) is 21.9. The highest BCUT2D eigenvalue weighted by Gasteiger charge is 2.67. The molecule has 0 aliphatic heterocycles. The Morgan fingerprint density at radius 3 is 2.53 bits per heavy atom. The lowest BCUT2D eigenvalue weighted by Crippen LogP contribution is -2.45. The van der Waals surface area contributed by atoms with Crippen LogP contribution in [0, 0.1) is 22.7 Å². The van der Waals surface area contributed by atoms with E-state index in [1.165, 1.54) is 6.42 Å². The van der Waals surface area contributed by atoms with Gasteiger partial charge in [0.05, 0.1) is 12.3 Å². The lowest BCUT2D eigenvalue weighted by molar-refractivity contribution is -0.0258. The highest BCUT2D eigenvalue weighted by atomic mass is 16.6. The number of fused-ring (bicyclic) bond motifs is 2.